The van der Waals surface area contributed by atoms with Gasteiger partial charge in [-0.05, 0) is 12.1 Å². The van der Waals surface area contributed by atoms with Crippen molar-refractivity contribution in [2.24, 2.45) is 0 Å². The Hall–Kier alpha value is -1.36. The van der Waals surface area contributed by atoms with Gasteiger partial charge in [0.1, 0.15) is 5.69 Å². The number of aromatic nitrogens is 1. The molecule has 0 spiro atoms. The summed E-state index contributed by atoms with van der Waals surface area (Å²) in [5.41, 5.74) is 1.08. The Morgan fingerprint density at radius 3 is 3.07 bits per heavy atom. The summed E-state index contributed by atoms with van der Waals surface area (Å²) in [6, 6.07) is 3.39. The molecule has 1 aromatic rings. The molecule has 0 saturated heterocycles. The number of hydrogen-bond acceptors (Lipinski definition) is 4. The number of anilines is 1. The first-order chi connectivity index (χ1) is 7.13. The van der Waals surface area contributed by atoms with E-state index in [1.54, 1.807) is 18.3 Å². The highest BCUT2D eigenvalue weighted by Crippen LogP contribution is 2.10. The molecular formula is C10H11BrN2O2. The van der Waals surface area contributed by atoms with Crippen LogP contribution in [-0.2, 0) is 4.74 Å². The van der Waals surface area contributed by atoms with Crippen LogP contribution in [0.4, 0.5) is 5.69 Å². The molecule has 1 aromatic heterocycles. The average Bonchev–Trinajstić information content (AvgIpc) is 2.25. The summed E-state index contributed by atoms with van der Waals surface area (Å²) >= 11 is 3.23. The van der Waals surface area contributed by atoms with Crippen LogP contribution in [0.5, 0.6) is 0 Å². The van der Waals surface area contributed by atoms with E-state index in [2.05, 4.69) is 37.5 Å². The molecule has 0 unspecified atom stereocenters. The summed E-state index contributed by atoms with van der Waals surface area (Å²) in [7, 11) is 1.32. The third-order valence-electron chi connectivity index (χ3n) is 1.64. The largest absolute Gasteiger partial charge is 0.464 e. The second-order valence-corrected chi connectivity index (χ2v) is 3.91. The highest BCUT2D eigenvalue weighted by molar-refractivity contribution is 9.11. The summed E-state index contributed by atoms with van der Waals surface area (Å²) in [5, 5.41) is 3.07. The van der Waals surface area contributed by atoms with E-state index in [-0.39, 0.29) is 5.69 Å². The zero-order valence-corrected chi connectivity index (χ0v) is 9.87. The van der Waals surface area contributed by atoms with Crippen LogP contribution in [0.2, 0.25) is 0 Å². The summed E-state index contributed by atoms with van der Waals surface area (Å²) in [5.74, 6) is -0.448. The first-order valence-corrected chi connectivity index (χ1v) is 5.04. The number of hydrogen-bond donors (Lipinski definition) is 1. The fraction of sp³-hybridized carbons (Fsp3) is 0.200. The summed E-state index contributed by atoms with van der Waals surface area (Å²) in [6.45, 7) is 4.28. The van der Waals surface area contributed by atoms with Gasteiger partial charge in [0.05, 0.1) is 7.11 Å². The van der Waals surface area contributed by atoms with E-state index in [1.807, 2.05) is 0 Å². The van der Waals surface area contributed by atoms with Gasteiger partial charge in [0.2, 0.25) is 0 Å². The number of nitrogens with one attached hydrogen (secondary N) is 1. The summed E-state index contributed by atoms with van der Waals surface area (Å²) in [6.07, 6.45) is 1.55. The van der Waals surface area contributed by atoms with Gasteiger partial charge >= 0.3 is 5.97 Å². The van der Waals surface area contributed by atoms with E-state index in [0.717, 1.165) is 10.2 Å². The van der Waals surface area contributed by atoms with E-state index < -0.39 is 5.97 Å². The molecule has 5 heteroatoms. The lowest BCUT2D eigenvalue weighted by molar-refractivity contribution is 0.0594. The molecule has 0 atom stereocenters. The Balaban J connectivity index is 2.74. The molecule has 15 heavy (non-hydrogen) atoms. The number of pyridine rings is 1. The fourth-order valence-electron chi connectivity index (χ4n) is 0.955. The van der Waals surface area contributed by atoms with Crippen molar-refractivity contribution < 1.29 is 9.53 Å². The monoisotopic (exact) mass is 270 g/mol. The maximum Gasteiger partial charge on any atom is 0.356 e. The molecule has 0 aliphatic heterocycles. The van der Waals surface area contributed by atoms with Crippen molar-refractivity contribution in [2.45, 2.75) is 0 Å². The fourth-order valence-corrected chi connectivity index (χ4v) is 1.09. The minimum Gasteiger partial charge on any atom is -0.464 e. The van der Waals surface area contributed by atoms with Crippen molar-refractivity contribution >= 4 is 27.6 Å². The van der Waals surface area contributed by atoms with Crippen LogP contribution in [0.3, 0.4) is 0 Å². The molecule has 1 rings (SSSR count). The molecule has 80 valence electrons. The van der Waals surface area contributed by atoms with Crippen molar-refractivity contribution in [3.8, 4) is 0 Å². The normalized spacial score (nSPS) is 9.47. The lowest BCUT2D eigenvalue weighted by Crippen LogP contribution is -2.06. The molecule has 0 aromatic carbocycles. The highest BCUT2D eigenvalue weighted by Gasteiger charge is 2.06. The maximum absolute atomic E-state index is 11.2. The molecule has 1 heterocycles. The number of carbonyl (C=O) groups excluding carboxylic acids is 1. The van der Waals surface area contributed by atoms with Crippen molar-refractivity contribution in [3.63, 3.8) is 0 Å². The molecule has 4 nitrogen and oxygen atoms in total. The minimum atomic E-state index is -0.448. The topological polar surface area (TPSA) is 51.2 Å². The zero-order chi connectivity index (χ0) is 11.3. The van der Waals surface area contributed by atoms with Crippen LogP contribution < -0.4 is 5.32 Å². The predicted octanol–water partition coefficient (Wildman–Crippen LogP) is 2.19. The number of esters is 1. The second kappa shape index (κ2) is 5.50. The molecule has 0 saturated carbocycles. The Kier molecular flexibility index (Phi) is 4.30. The number of halogens is 1. The molecule has 0 radical (unpaired) electrons. The van der Waals surface area contributed by atoms with Crippen LogP contribution in [-0.4, -0.2) is 24.6 Å². The van der Waals surface area contributed by atoms with Gasteiger partial charge in [-0.15, -0.1) is 0 Å². The first kappa shape index (κ1) is 11.7. The van der Waals surface area contributed by atoms with Crippen LogP contribution in [0.25, 0.3) is 0 Å². The van der Waals surface area contributed by atoms with Gasteiger partial charge in [-0.2, -0.15) is 0 Å². The summed E-state index contributed by atoms with van der Waals surface area (Å²) in [4.78, 5) is 15.1. The third-order valence-corrected chi connectivity index (χ3v) is 1.92. The van der Waals surface area contributed by atoms with Gasteiger partial charge in [-0.25, -0.2) is 9.78 Å². The van der Waals surface area contributed by atoms with Gasteiger partial charge in [0.25, 0.3) is 0 Å². The van der Waals surface area contributed by atoms with E-state index in [4.69, 9.17) is 0 Å². The number of methoxy groups -OCH3 is 1. The molecule has 0 aliphatic carbocycles. The molecule has 0 aliphatic rings. The maximum atomic E-state index is 11.2. The van der Waals surface area contributed by atoms with E-state index in [9.17, 15) is 4.79 Å². The Bertz CT molecular complexity index is 379. The number of ether oxygens (including phenoxy) is 1. The highest BCUT2D eigenvalue weighted by atomic mass is 79.9. The van der Waals surface area contributed by atoms with E-state index in [0.29, 0.717) is 6.54 Å². The van der Waals surface area contributed by atoms with Crippen LogP contribution >= 0.6 is 15.9 Å². The van der Waals surface area contributed by atoms with Crippen molar-refractivity contribution in [1.82, 2.24) is 4.98 Å². The van der Waals surface area contributed by atoms with Crippen molar-refractivity contribution in [2.75, 3.05) is 19.0 Å². The molecule has 0 bridgehead atoms. The average molecular weight is 271 g/mol. The van der Waals surface area contributed by atoms with Gasteiger partial charge in [-0.1, -0.05) is 22.5 Å². The Morgan fingerprint density at radius 2 is 2.47 bits per heavy atom. The molecule has 0 amide bonds. The number of nitrogens with zero attached hydrogens (tertiary/aromatic N) is 1. The van der Waals surface area contributed by atoms with Gasteiger partial charge in [0.15, 0.2) is 0 Å². The quantitative estimate of drug-likeness (QED) is 0.853. The van der Waals surface area contributed by atoms with Gasteiger partial charge in [0, 0.05) is 22.9 Å². The van der Waals surface area contributed by atoms with Crippen LogP contribution in [0.1, 0.15) is 10.5 Å². The zero-order valence-electron chi connectivity index (χ0n) is 8.29. The van der Waals surface area contributed by atoms with Crippen LogP contribution in [0.15, 0.2) is 29.4 Å². The lowest BCUT2D eigenvalue weighted by atomic mass is 10.3. The predicted molar refractivity (Wildman–Crippen MR) is 62.1 cm³/mol. The third kappa shape index (κ3) is 3.71. The SMILES string of the molecule is C=C(Br)CNc1ccnc(C(=O)OC)c1. The standard InChI is InChI=1S/C10H11BrN2O2/c1-7(11)6-13-8-3-4-12-9(5-8)10(14)15-2/h3-5H,1,6H2,2H3,(H,12,13). The van der Waals surface area contributed by atoms with E-state index >= 15 is 0 Å². The minimum absolute atomic E-state index is 0.280. The second-order valence-electron chi connectivity index (χ2n) is 2.79. The Labute approximate surface area is 96.5 Å². The molecular weight excluding hydrogens is 260 g/mol. The molecule has 1 N–H and O–H groups in total. The molecule has 0 fully saturated rings. The van der Waals surface area contributed by atoms with Crippen LogP contribution in [0, 0.1) is 0 Å². The first-order valence-electron chi connectivity index (χ1n) is 4.25. The number of rotatable bonds is 4. The van der Waals surface area contributed by atoms with Gasteiger partial charge in [-0.3, -0.25) is 0 Å². The van der Waals surface area contributed by atoms with Gasteiger partial charge < -0.3 is 10.1 Å². The Morgan fingerprint density at radius 1 is 1.73 bits per heavy atom. The lowest BCUT2D eigenvalue weighted by Gasteiger charge is -2.05. The number of carbonyl (C=O) groups is 1. The van der Waals surface area contributed by atoms with Crippen molar-refractivity contribution in [3.05, 3.63) is 35.1 Å². The van der Waals surface area contributed by atoms with E-state index in [1.165, 1.54) is 7.11 Å². The van der Waals surface area contributed by atoms with Crippen molar-refractivity contribution in [1.29, 1.82) is 0 Å². The smallest absolute Gasteiger partial charge is 0.356 e. The summed E-state index contributed by atoms with van der Waals surface area (Å²) < 4.78 is 5.39.